The van der Waals surface area contributed by atoms with Crippen molar-refractivity contribution < 1.29 is 0 Å². The first-order valence-corrected chi connectivity index (χ1v) is 7.78. The van der Waals surface area contributed by atoms with E-state index in [0.29, 0.717) is 0 Å². The first-order valence-electron chi connectivity index (χ1n) is 5.44. The summed E-state index contributed by atoms with van der Waals surface area (Å²) < 4.78 is 1.26. The molecule has 0 saturated carbocycles. The van der Waals surface area contributed by atoms with Crippen LogP contribution in [-0.4, -0.2) is 6.54 Å². The lowest BCUT2D eigenvalue weighted by molar-refractivity contribution is 0.637. The zero-order valence-electron chi connectivity index (χ0n) is 9.41. The largest absolute Gasteiger partial charge is 0.306 e. The average molecular weight is 378 g/mol. The van der Waals surface area contributed by atoms with Crippen LogP contribution in [0.4, 0.5) is 0 Å². The van der Waals surface area contributed by atoms with Crippen molar-refractivity contribution in [1.82, 2.24) is 5.32 Å². The van der Waals surface area contributed by atoms with E-state index in [2.05, 4.69) is 59.1 Å². The van der Waals surface area contributed by atoms with Crippen molar-refractivity contribution in [2.24, 2.45) is 0 Å². The van der Waals surface area contributed by atoms with Crippen molar-refractivity contribution in [3.8, 4) is 0 Å². The van der Waals surface area contributed by atoms with E-state index in [0.717, 1.165) is 11.6 Å². The average Bonchev–Trinajstić information content (AvgIpc) is 2.74. The Bertz CT molecular complexity index is 498. The van der Waals surface area contributed by atoms with Crippen LogP contribution in [0.1, 0.15) is 23.4 Å². The van der Waals surface area contributed by atoms with Gasteiger partial charge in [-0.25, -0.2) is 0 Å². The van der Waals surface area contributed by atoms with E-state index in [9.17, 15) is 0 Å². The van der Waals surface area contributed by atoms with E-state index in [1.165, 1.54) is 14.0 Å². The van der Waals surface area contributed by atoms with Crippen LogP contribution in [0.5, 0.6) is 0 Å². The third-order valence-corrected chi connectivity index (χ3v) is 4.94. The minimum atomic E-state index is 0.195. The van der Waals surface area contributed by atoms with Crippen molar-refractivity contribution in [3.63, 3.8) is 0 Å². The Kier molecular flexibility index (Phi) is 4.85. The predicted molar refractivity (Wildman–Crippen MR) is 84.0 cm³/mol. The van der Waals surface area contributed by atoms with E-state index >= 15 is 0 Å². The molecule has 4 heteroatoms. The molecule has 17 heavy (non-hydrogen) atoms. The van der Waals surface area contributed by atoms with Crippen LogP contribution >= 0.6 is 45.5 Å². The quantitative estimate of drug-likeness (QED) is 0.761. The van der Waals surface area contributed by atoms with Crippen LogP contribution in [0.3, 0.4) is 0 Å². The van der Waals surface area contributed by atoms with E-state index < -0.39 is 0 Å². The van der Waals surface area contributed by atoms with E-state index in [1.807, 2.05) is 11.4 Å². The fourth-order valence-electron chi connectivity index (χ4n) is 1.77. The lowest BCUT2D eigenvalue weighted by Gasteiger charge is -2.19. The number of thiophene rings is 1. The van der Waals surface area contributed by atoms with Crippen LogP contribution in [0, 0.1) is 3.57 Å². The Hall–Kier alpha value is -0.100. The van der Waals surface area contributed by atoms with E-state index in [-0.39, 0.29) is 6.04 Å². The van der Waals surface area contributed by atoms with Crippen molar-refractivity contribution in [2.45, 2.75) is 13.0 Å². The maximum Gasteiger partial charge on any atom is 0.0696 e. The highest BCUT2D eigenvalue weighted by Gasteiger charge is 2.19. The molecule has 1 aromatic heterocycles. The molecule has 1 heterocycles. The Morgan fingerprint density at radius 3 is 2.71 bits per heavy atom. The topological polar surface area (TPSA) is 12.0 Å². The van der Waals surface area contributed by atoms with E-state index in [1.54, 1.807) is 11.3 Å². The minimum absolute atomic E-state index is 0.195. The van der Waals surface area contributed by atoms with Gasteiger partial charge in [-0.15, -0.1) is 11.3 Å². The molecule has 0 bridgehead atoms. The molecule has 0 aliphatic rings. The first kappa shape index (κ1) is 13.3. The molecule has 1 atom stereocenters. The molecule has 90 valence electrons. The van der Waals surface area contributed by atoms with Crippen molar-refractivity contribution in [3.05, 3.63) is 54.7 Å². The Morgan fingerprint density at radius 1 is 1.35 bits per heavy atom. The molecule has 1 unspecified atom stereocenters. The molecular formula is C13H13ClINS. The second kappa shape index (κ2) is 6.18. The molecule has 2 rings (SSSR count). The van der Waals surface area contributed by atoms with Crippen molar-refractivity contribution in [2.75, 3.05) is 6.54 Å². The number of hydrogen-bond donors (Lipinski definition) is 1. The van der Waals surface area contributed by atoms with Gasteiger partial charge in [-0.2, -0.15) is 0 Å². The molecule has 0 spiro atoms. The van der Waals surface area contributed by atoms with Gasteiger partial charge in [-0.1, -0.05) is 36.7 Å². The molecule has 0 saturated heterocycles. The normalized spacial score (nSPS) is 12.6. The van der Waals surface area contributed by atoms with Gasteiger partial charge in [0.15, 0.2) is 0 Å². The molecular weight excluding hydrogens is 365 g/mol. The number of benzene rings is 1. The summed E-state index contributed by atoms with van der Waals surface area (Å²) in [7, 11) is 0. The minimum Gasteiger partial charge on any atom is -0.306 e. The van der Waals surface area contributed by atoms with Gasteiger partial charge in [0, 0.05) is 8.45 Å². The van der Waals surface area contributed by atoms with Gasteiger partial charge in [-0.3, -0.25) is 0 Å². The van der Waals surface area contributed by atoms with Gasteiger partial charge < -0.3 is 5.32 Å². The molecule has 0 radical (unpaired) electrons. The zero-order chi connectivity index (χ0) is 12.3. The molecule has 1 aromatic carbocycles. The van der Waals surface area contributed by atoms with Crippen molar-refractivity contribution >= 4 is 45.5 Å². The fraction of sp³-hybridized carbons (Fsp3) is 0.231. The summed E-state index contributed by atoms with van der Waals surface area (Å²) in [6.45, 7) is 3.04. The third kappa shape index (κ3) is 3.02. The lowest BCUT2D eigenvalue weighted by Crippen LogP contribution is -2.22. The summed E-state index contributed by atoms with van der Waals surface area (Å²) in [5.74, 6) is 0. The lowest BCUT2D eigenvalue weighted by atomic mass is 10.1. The number of hydrogen-bond acceptors (Lipinski definition) is 2. The Balaban J connectivity index is 2.43. The number of nitrogens with one attached hydrogen (secondary N) is 1. The molecule has 0 aliphatic heterocycles. The standard InChI is InChI=1S/C13H13ClINS/c1-2-16-12(13-10(14)7-8-17-13)9-5-3-4-6-11(9)15/h3-8,12,16H,2H2,1H3. The van der Waals surface area contributed by atoms with Crippen LogP contribution < -0.4 is 5.32 Å². The van der Waals surface area contributed by atoms with Crippen molar-refractivity contribution in [1.29, 1.82) is 0 Å². The monoisotopic (exact) mass is 377 g/mol. The molecule has 0 amide bonds. The summed E-state index contributed by atoms with van der Waals surface area (Å²) in [5, 5.41) is 6.39. The van der Waals surface area contributed by atoms with Crippen LogP contribution in [0.25, 0.3) is 0 Å². The Morgan fingerprint density at radius 2 is 2.12 bits per heavy atom. The van der Waals surface area contributed by atoms with Gasteiger partial charge >= 0.3 is 0 Å². The highest BCUT2D eigenvalue weighted by atomic mass is 127. The first-order chi connectivity index (χ1) is 8.24. The molecule has 1 N–H and O–H groups in total. The molecule has 1 nitrogen and oxygen atoms in total. The molecule has 0 aliphatic carbocycles. The van der Waals surface area contributed by atoms with E-state index in [4.69, 9.17) is 11.6 Å². The van der Waals surface area contributed by atoms with Gasteiger partial charge in [0.25, 0.3) is 0 Å². The second-order valence-electron chi connectivity index (χ2n) is 3.64. The fourth-order valence-corrected chi connectivity index (χ4v) is 3.73. The van der Waals surface area contributed by atoms with Crippen LogP contribution in [-0.2, 0) is 0 Å². The summed E-state index contributed by atoms with van der Waals surface area (Å²) in [5.41, 5.74) is 1.29. The maximum absolute atomic E-state index is 6.24. The van der Waals surface area contributed by atoms with Gasteiger partial charge in [0.1, 0.15) is 0 Å². The number of halogens is 2. The third-order valence-electron chi connectivity index (χ3n) is 2.53. The van der Waals surface area contributed by atoms with Gasteiger partial charge in [0.2, 0.25) is 0 Å². The maximum atomic E-state index is 6.24. The van der Waals surface area contributed by atoms with Crippen LogP contribution in [0.2, 0.25) is 5.02 Å². The molecule has 0 fully saturated rings. The predicted octanol–water partition coefficient (Wildman–Crippen LogP) is 4.71. The summed E-state index contributed by atoms with van der Waals surface area (Å²) in [4.78, 5) is 1.19. The number of rotatable bonds is 4. The van der Waals surface area contributed by atoms with Crippen LogP contribution in [0.15, 0.2) is 35.7 Å². The van der Waals surface area contributed by atoms with Gasteiger partial charge in [-0.05, 0) is 52.2 Å². The SMILES string of the molecule is CCNC(c1ccccc1I)c1sccc1Cl. The molecule has 2 aromatic rings. The second-order valence-corrected chi connectivity index (χ2v) is 6.16. The van der Waals surface area contributed by atoms with Gasteiger partial charge in [0.05, 0.1) is 11.1 Å². The summed E-state index contributed by atoms with van der Waals surface area (Å²) in [6.07, 6.45) is 0. The highest BCUT2D eigenvalue weighted by Crippen LogP contribution is 2.34. The smallest absolute Gasteiger partial charge is 0.0696 e. The zero-order valence-corrected chi connectivity index (χ0v) is 13.1. The Labute approximate surface area is 124 Å². The summed E-state index contributed by atoms with van der Waals surface area (Å²) >= 11 is 10.3. The highest BCUT2D eigenvalue weighted by molar-refractivity contribution is 14.1. The summed E-state index contributed by atoms with van der Waals surface area (Å²) in [6, 6.07) is 10.6.